The summed E-state index contributed by atoms with van der Waals surface area (Å²) in [7, 11) is 0. The van der Waals surface area contributed by atoms with E-state index in [-0.39, 0.29) is 17.3 Å². The van der Waals surface area contributed by atoms with E-state index in [1.54, 1.807) is 6.07 Å². The molecule has 1 amide bonds. The molecule has 1 aromatic carbocycles. The molecule has 1 heterocycles. The van der Waals surface area contributed by atoms with Gasteiger partial charge in [-0.15, -0.1) is 0 Å². The summed E-state index contributed by atoms with van der Waals surface area (Å²) in [5.41, 5.74) is 3.30. The Morgan fingerprint density at radius 3 is 3.04 bits per heavy atom. The highest BCUT2D eigenvalue weighted by atomic mass is 35.5. The molecule has 0 bridgehead atoms. The molecule has 0 atom stereocenters. The number of nitrogens with one attached hydrogen (secondary N) is 2. The first-order chi connectivity index (χ1) is 11.0. The number of aromatic nitrogens is 2. The second-order valence-corrected chi connectivity index (χ2v) is 6.83. The van der Waals surface area contributed by atoms with Crippen molar-refractivity contribution in [3.05, 3.63) is 50.5 Å². The topological polar surface area (TPSA) is 74.8 Å². The lowest BCUT2D eigenvalue weighted by Crippen LogP contribution is -2.17. The summed E-state index contributed by atoms with van der Waals surface area (Å²) in [6.07, 6.45) is 2.78. The average molecular weight is 350 g/mol. The summed E-state index contributed by atoms with van der Waals surface area (Å²) in [5.74, 6) is 0.0535. The normalized spacial score (nSPS) is 13.0. The summed E-state index contributed by atoms with van der Waals surface area (Å²) in [5, 5.41) is 4.09. The molecule has 0 unspecified atom stereocenters. The van der Waals surface area contributed by atoms with Gasteiger partial charge in [0, 0.05) is 22.0 Å². The molecule has 0 radical (unpaired) electrons. The maximum absolute atomic E-state index is 12.1. The van der Waals surface area contributed by atoms with Crippen LogP contribution in [0.1, 0.15) is 23.2 Å². The Bertz CT molecular complexity index is 819. The molecule has 0 saturated heterocycles. The lowest BCUT2D eigenvalue weighted by molar-refractivity contribution is -0.113. The minimum Gasteiger partial charge on any atom is -0.325 e. The molecule has 23 heavy (non-hydrogen) atoms. The van der Waals surface area contributed by atoms with Crippen LogP contribution >= 0.6 is 23.4 Å². The number of nitrogens with zero attached hydrogens (tertiary/aromatic N) is 1. The Kier molecular flexibility index (Phi) is 4.73. The standard InChI is InChI=1S/C16H16ClN3O2S/c1-9-5-6-10(7-12(9)17)18-14(21)8-23-15-11-3-2-4-13(11)19-16(22)20-15/h5-7H,2-4,8H2,1H3,(H,18,21)(H,19,20,22). The summed E-state index contributed by atoms with van der Waals surface area (Å²) < 4.78 is 0. The van der Waals surface area contributed by atoms with E-state index >= 15 is 0 Å². The molecule has 1 aliphatic carbocycles. The van der Waals surface area contributed by atoms with Crippen molar-refractivity contribution in [2.45, 2.75) is 31.2 Å². The number of carbonyl (C=O) groups is 1. The summed E-state index contributed by atoms with van der Waals surface area (Å²) in [6, 6.07) is 5.39. The van der Waals surface area contributed by atoms with Crippen LogP contribution in [-0.4, -0.2) is 21.6 Å². The molecule has 0 fully saturated rings. The second kappa shape index (κ2) is 6.76. The summed E-state index contributed by atoms with van der Waals surface area (Å²) in [6.45, 7) is 1.91. The molecule has 7 heteroatoms. The minimum atomic E-state index is -0.348. The molecule has 2 N–H and O–H groups in total. The Morgan fingerprint density at radius 2 is 2.26 bits per heavy atom. The van der Waals surface area contributed by atoms with Crippen LogP contribution in [-0.2, 0) is 17.6 Å². The van der Waals surface area contributed by atoms with Crippen molar-refractivity contribution in [2.24, 2.45) is 0 Å². The number of halogens is 1. The molecule has 120 valence electrons. The maximum atomic E-state index is 12.1. The van der Waals surface area contributed by atoms with Gasteiger partial charge in [0.1, 0.15) is 5.03 Å². The Hall–Kier alpha value is -1.79. The van der Waals surface area contributed by atoms with Gasteiger partial charge in [-0.25, -0.2) is 4.79 Å². The minimum absolute atomic E-state index is 0.149. The zero-order chi connectivity index (χ0) is 16.4. The smallest absolute Gasteiger partial charge is 0.325 e. The molecule has 0 aliphatic heterocycles. The second-order valence-electron chi connectivity index (χ2n) is 5.46. The van der Waals surface area contributed by atoms with Crippen LogP contribution in [0.3, 0.4) is 0 Å². The number of anilines is 1. The van der Waals surface area contributed by atoms with Crippen molar-refractivity contribution in [1.82, 2.24) is 9.97 Å². The highest BCUT2D eigenvalue weighted by molar-refractivity contribution is 8.00. The molecule has 2 aromatic rings. The molecular formula is C16H16ClN3O2S. The van der Waals surface area contributed by atoms with E-state index < -0.39 is 0 Å². The van der Waals surface area contributed by atoms with Crippen molar-refractivity contribution in [1.29, 1.82) is 0 Å². The molecule has 1 aliphatic rings. The predicted molar refractivity (Wildman–Crippen MR) is 92.4 cm³/mol. The third kappa shape index (κ3) is 3.76. The molecular weight excluding hydrogens is 334 g/mol. The Labute approximate surface area is 142 Å². The van der Waals surface area contributed by atoms with E-state index in [0.717, 1.165) is 36.1 Å². The van der Waals surface area contributed by atoms with Crippen molar-refractivity contribution < 1.29 is 4.79 Å². The lowest BCUT2D eigenvalue weighted by Gasteiger charge is -2.08. The molecule has 1 aromatic heterocycles. The van der Waals surface area contributed by atoms with Crippen LogP contribution in [0.25, 0.3) is 0 Å². The Balaban J connectivity index is 1.65. The lowest BCUT2D eigenvalue weighted by atomic mass is 10.2. The number of thioether (sulfide) groups is 1. The molecule has 0 saturated carbocycles. The number of H-pyrrole nitrogens is 1. The van der Waals surface area contributed by atoms with E-state index in [2.05, 4.69) is 15.3 Å². The van der Waals surface area contributed by atoms with Gasteiger partial charge >= 0.3 is 5.69 Å². The van der Waals surface area contributed by atoms with E-state index in [9.17, 15) is 9.59 Å². The number of hydrogen-bond acceptors (Lipinski definition) is 4. The highest BCUT2D eigenvalue weighted by Gasteiger charge is 2.18. The zero-order valence-electron chi connectivity index (χ0n) is 12.6. The molecule has 3 rings (SSSR count). The van der Waals surface area contributed by atoms with E-state index in [4.69, 9.17) is 11.6 Å². The van der Waals surface area contributed by atoms with Crippen molar-refractivity contribution >= 4 is 35.0 Å². The van der Waals surface area contributed by atoms with Gasteiger partial charge in [0.2, 0.25) is 5.91 Å². The fourth-order valence-electron chi connectivity index (χ4n) is 2.56. The van der Waals surface area contributed by atoms with Crippen LogP contribution < -0.4 is 11.0 Å². The molecule has 0 spiro atoms. The number of amides is 1. The van der Waals surface area contributed by atoms with Crippen molar-refractivity contribution in [3.8, 4) is 0 Å². The average Bonchev–Trinajstić information content (AvgIpc) is 2.97. The third-order valence-corrected chi connectivity index (χ3v) is 5.16. The van der Waals surface area contributed by atoms with Gasteiger partial charge < -0.3 is 10.3 Å². The number of fused-ring (bicyclic) bond motifs is 1. The van der Waals surface area contributed by atoms with Gasteiger partial charge in [-0.1, -0.05) is 29.4 Å². The van der Waals surface area contributed by atoms with Gasteiger partial charge in [-0.2, -0.15) is 4.98 Å². The summed E-state index contributed by atoms with van der Waals surface area (Å²) in [4.78, 5) is 30.4. The van der Waals surface area contributed by atoms with Gasteiger partial charge in [0.05, 0.1) is 5.75 Å². The number of hydrogen-bond donors (Lipinski definition) is 2. The van der Waals surface area contributed by atoms with Crippen molar-refractivity contribution in [3.63, 3.8) is 0 Å². The zero-order valence-corrected chi connectivity index (χ0v) is 14.2. The van der Waals surface area contributed by atoms with Gasteiger partial charge in [-0.3, -0.25) is 4.79 Å². The maximum Gasteiger partial charge on any atom is 0.346 e. The predicted octanol–water partition coefficient (Wildman–Crippen LogP) is 2.95. The van der Waals surface area contributed by atoms with Crippen LogP contribution in [0.15, 0.2) is 28.0 Å². The fourth-order valence-corrected chi connectivity index (χ4v) is 3.62. The fraction of sp³-hybridized carbons (Fsp3) is 0.312. The van der Waals surface area contributed by atoms with E-state index in [1.807, 2.05) is 19.1 Å². The van der Waals surface area contributed by atoms with Crippen LogP contribution in [0, 0.1) is 6.92 Å². The first-order valence-corrected chi connectivity index (χ1v) is 8.70. The quantitative estimate of drug-likeness (QED) is 0.657. The van der Waals surface area contributed by atoms with Crippen LogP contribution in [0.5, 0.6) is 0 Å². The van der Waals surface area contributed by atoms with Gasteiger partial charge in [-0.05, 0) is 43.9 Å². The first-order valence-electron chi connectivity index (χ1n) is 7.34. The van der Waals surface area contributed by atoms with Crippen LogP contribution in [0.2, 0.25) is 5.02 Å². The van der Waals surface area contributed by atoms with E-state index in [0.29, 0.717) is 15.7 Å². The largest absolute Gasteiger partial charge is 0.346 e. The molecule has 5 nitrogen and oxygen atoms in total. The number of benzene rings is 1. The monoisotopic (exact) mass is 349 g/mol. The number of aromatic amines is 1. The van der Waals surface area contributed by atoms with E-state index in [1.165, 1.54) is 11.8 Å². The first kappa shape index (κ1) is 16.1. The third-order valence-electron chi connectivity index (χ3n) is 3.73. The number of rotatable bonds is 4. The van der Waals surface area contributed by atoms with Gasteiger partial charge in [0.15, 0.2) is 0 Å². The summed E-state index contributed by atoms with van der Waals surface area (Å²) >= 11 is 7.35. The Morgan fingerprint density at radius 1 is 1.43 bits per heavy atom. The SMILES string of the molecule is Cc1ccc(NC(=O)CSc2nc(=O)[nH]c3c2CCC3)cc1Cl. The highest BCUT2D eigenvalue weighted by Crippen LogP contribution is 2.28. The number of carbonyl (C=O) groups excluding carboxylic acids is 1. The van der Waals surface area contributed by atoms with Crippen molar-refractivity contribution in [2.75, 3.05) is 11.1 Å². The van der Waals surface area contributed by atoms with Crippen LogP contribution in [0.4, 0.5) is 5.69 Å². The van der Waals surface area contributed by atoms with Gasteiger partial charge in [0.25, 0.3) is 0 Å². The number of aryl methyl sites for hydroxylation is 2.